The van der Waals surface area contributed by atoms with E-state index in [1.54, 1.807) is 18.2 Å². The Morgan fingerprint density at radius 1 is 1.33 bits per heavy atom. The number of aromatic nitrogens is 1. The molecule has 0 aliphatic rings. The molecule has 1 unspecified atom stereocenters. The summed E-state index contributed by atoms with van der Waals surface area (Å²) in [6.45, 7) is 7.37. The third-order valence-electron chi connectivity index (χ3n) is 4.46. The zero-order valence-corrected chi connectivity index (χ0v) is 16.6. The molecule has 2 N–H and O–H groups in total. The highest BCUT2D eigenvalue weighted by molar-refractivity contribution is 7.92. The second-order valence-electron chi connectivity index (χ2n) is 6.84. The van der Waals surface area contributed by atoms with Crippen molar-refractivity contribution < 1.29 is 23.1 Å². The average Bonchev–Trinajstić information content (AvgIpc) is 2.62. The van der Waals surface area contributed by atoms with Crippen molar-refractivity contribution in [1.29, 1.82) is 0 Å². The molecular weight excluding hydrogens is 368 g/mol. The number of rotatable bonds is 8. The quantitative estimate of drug-likeness (QED) is 0.713. The maximum atomic E-state index is 13.0. The summed E-state index contributed by atoms with van der Waals surface area (Å²) < 4.78 is 33.8. The van der Waals surface area contributed by atoms with Crippen LogP contribution in [0.5, 0.6) is 5.75 Å². The molecule has 0 bridgehead atoms. The first kappa shape index (κ1) is 20.7. The molecule has 146 valence electrons. The highest BCUT2D eigenvalue weighted by Crippen LogP contribution is 2.34. The largest absolute Gasteiger partial charge is 0.479 e. The van der Waals surface area contributed by atoms with Crippen LogP contribution in [0.15, 0.2) is 47.6 Å². The van der Waals surface area contributed by atoms with Gasteiger partial charge in [-0.2, -0.15) is 0 Å². The van der Waals surface area contributed by atoms with Crippen LogP contribution < -0.4 is 9.46 Å². The fourth-order valence-electron chi connectivity index (χ4n) is 2.31. The summed E-state index contributed by atoms with van der Waals surface area (Å²) in [5, 5.41) is 9.10. The Balaban J connectivity index is 2.54. The minimum Gasteiger partial charge on any atom is -0.479 e. The van der Waals surface area contributed by atoms with E-state index in [1.807, 2.05) is 20.8 Å². The molecule has 2 aromatic rings. The molecular formula is C19H24N2O5S. The van der Waals surface area contributed by atoms with Gasteiger partial charge in [-0.05, 0) is 48.6 Å². The van der Waals surface area contributed by atoms with Crippen LogP contribution in [0.25, 0.3) is 0 Å². The fourth-order valence-corrected chi connectivity index (χ4v) is 3.52. The normalized spacial score (nSPS) is 13.0. The van der Waals surface area contributed by atoms with Crippen molar-refractivity contribution in [2.45, 2.75) is 50.5 Å². The molecule has 7 nitrogen and oxygen atoms in total. The van der Waals surface area contributed by atoms with Crippen LogP contribution in [0.3, 0.4) is 0 Å². The highest BCUT2D eigenvalue weighted by atomic mass is 32.2. The minimum atomic E-state index is -4.01. The van der Waals surface area contributed by atoms with Gasteiger partial charge in [-0.25, -0.2) is 13.2 Å². The van der Waals surface area contributed by atoms with Crippen LogP contribution in [-0.2, 0) is 20.2 Å². The Morgan fingerprint density at radius 3 is 2.59 bits per heavy atom. The third kappa shape index (κ3) is 4.97. The van der Waals surface area contributed by atoms with Gasteiger partial charge in [0.25, 0.3) is 10.0 Å². The lowest BCUT2D eigenvalue weighted by Gasteiger charge is -2.25. The summed E-state index contributed by atoms with van der Waals surface area (Å²) in [7, 11) is -4.01. The Kier molecular flexibility index (Phi) is 6.10. The van der Waals surface area contributed by atoms with E-state index in [4.69, 9.17) is 9.84 Å². The molecule has 0 aliphatic carbocycles. The van der Waals surface area contributed by atoms with E-state index in [0.717, 1.165) is 12.0 Å². The van der Waals surface area contributed by atoms with Gasteiger partial charge in [0, 0.05) is 6.20 Å². The van der Waals surface area contributed by atoms with Crippen molar-refractivity contribution >= 4 is 21.7 Å². The molecule has 0 fully saturated rings. The summed E-state index contributed by atoms with van der Waals surface area (Å²) in [6.07, 6.45) is 2.53. The van der Waals surface area contributed by atoms with Crippen LogP contribution in [0, 0.1) is 0 Å². The van der Waals surface area contributed by atoms with E-state index < -0.39 is 22.1 Å². The average molecular weight is 392 g/mol. The third-order valence-corrected chi connectivity index (χ3v) is 5.87. The van der Waals surface area contributed by atoms with Crippen molar-refractivity contribution in [2.75, 3.05) is 4.72 Å². The molecule has 1 atom stereocenters. The molecule has 0 saturated heterocycles. The number of hydrogen-bond donors (Lipinski definition) is 2. The molecule has 1 aromatic heterocycles. The van der Waals surface area contributed by atoms with Crippen LogP contribution in [0.1, 0.15) is 39.7 Å². The first-order valence-electron chi connectivity index (χ1n) is 8.53. The highest BCUT2D eigenvalue weighted by Gasteiger charge is 2.27. The van der Waals surface area contributed by atoms with Gasteiger partial charge in [0.2, 0.25) is 0 Å². The second kappa shape index (κ2) is 7.96. The lowest BCUT2D eigenvalue weighted by molar-refractivity contribution is -0.144. The zero-order valence-electron chi connectivity index (χ0n) is 15.8. The predicted molar refractivity (Wildman–Crippen MR) is 103 cm³/mol. The van der Waals surface area contributed by atoms with Gasteiger partial charge >= 0.3 is 5.97 Å². The number of ether oxygens (including phenoxy) is 1. The molecule has 0 aliphatic heterocycles. The predicted octanol–water partition coefficient (Wildman–Crippen LogP) is 3.42. The standard InChI is InChI=1S/C19H24N2O5S/c1-5-19(3,4)14-8-9-16(26-13(2)18(22)23)17(11-14)27(24,25)21-15-7-6-10-20-12-15/h6-13,21H,5H2,1-4H3,(H,22,23). The van der Waals surface area contributed by atoms with Gasteiger partial charge in [-0.15, -0.1) is 0 Å². The maximum Gasteiger partial charge on any atom is 0.344 e. The lowest BCUT2D eigenvalue weighted by Crippen LogP contribution is -2.25. The summed E-state index contributed by atoms with van der Waals surface area (Å²) in [5.74, 6) is -1.20. The fraction of sp³-hybridized carbons (Fsp3) is 0.368. The number of carbonyl (C=O) groups is 1. The zero-order chi connectivity index (χ0) is 20.2. The lowest BCUT2D eigenvalue weighted by atomic mass is 9.82. The van der Waals surface area contributed by atoms with Gasteiger partial charge in [0.1, 0.15) is 10.6 Å². The van der Waals surface area contributed by atoms with E-state index in [2.05, 4.69) is 9.71 Å². The Labute approximate surface area is 159 Å². The number of carboxylic acids is 1. The number of anilines is 1. The monoisotopic (exact) mass is 392 g/mol. The van der Waals surface area contributed by atoms with E-state index >= 15 is 0 Å². The number of aliphatic carboxylic acids is 1. The minimum absolute atomic E-state index is 0.0167. The summed E-state index contributed by atoms with van der Waals surface area (Å²) in [6, 6.07) is 7.98. The first-order valence-corrected chi connectivity index (χ1v) is 10.0. The van der Waals surface area contributed by atoms with Crippen LogP contribution >= 0.6 is 0 Å². The molecule has 0 saturated carbocycles. The van der Waals surface area contributed by atoms with Gasteiger partial charge < -0.3 is 9.84 Å². The molecule has 27 heavy (non-hydrogen) atoms. The first-order chi connectivity index (χ1) is 12.6. The number of pyridine rings is 1. The van der Waals surface area contributed by atoms with Crippen molar-refractivity contribution in [3.63, 3.8) is 0 Å². The molecule has 8 heteroatoms. The van der Waals surface area contributed by atoms with Crippen molar-refractivity contribution in [3.05, 3.63) is 48.3 Å². The Hall–Kier alpha value is -2.61. The molecule has 0 spiro atoms. The number of benzene rings is 1. The smallest absolute Gasteiger partial charge is 0.344 e. The Bertz CT molecular complexity index is 911. The van der Waals surface area contributed by atoms with Crippen molar-refractivity contribution in [3.8, 4) is 5.75 Å². The Morgan fingerprint density at radius 2 is 2.04 bits per heavy atom. The number of nitrogens with one attached hydrogen (secondary N) is 1. The second-order valence-corrected chi connectivity index (χ2v) is 8.50. The van der Waals surface area contributed by atoms with Crippen molar-refractivity contribution in [2.24, 2.45) is 0 Å². The van der Waals surface area contributed by atoms with E-state index in [9.17, 15) is 13.2 Å². The molecule has 2 rings (SSSR count). The molecule has 0 amide bonds. The van der Waals surface area contributed by atoms with Crippen LogP contribution in [0.4, 0.5) is 5.69 Å². The number of nitrogens with zero attached hydrogens (tertiary/aromatic N) is 1. The van der Waals surface area contributed by atoms with Crippen LogP contribution in [0.2, 0.25) is 0 Å². The molecule has 1 aromatic carbocycles. The topological polar surface area (TPSA) is 106 Å². The SMILES string of the molecule is CCC(C)(C)c1ccc(OC(C)C(=O)O)c(S(=O)(=O)Nc2cccnc2)c1. The molecule has 1 heterocycles. The number of sulfonamides is 1. The molecule has 0 radical (unpaired) electrons. The van der Waals surface area contributed by atoms with E-state index in [-0.39, 0.29) is 16.1 Å². The number of carboxylic acid groups (broad SMARTS) is 1. The van der Waals surface area contributed by atoms with E-state index in [1.165, 1.54) is 31.5 Å². The van der Waals surface area contributed by atoms with Gasteiger partial charge in [0.05, 0.1) is 11.9 Å². The summed E-state index contributed by atoms with van der Waals surface area (Å²) in [4.78, 5) is 14.9. The number of hydrogen-bond acceptors (Lipinski definition) is 5. The summed E-state index contributed by atoms with van der Waals surface area (Å²) >= 11 is 0. The summed E-state index contributed by atoms with van der Waals surface area (Å²) in [5.41, 5.74) is 0.858. The van der Waals surface area contributed by atoms with Gasteiger partial charge in [-0.3, -0.25) is 9.71 Å². The van der Waals surface area contributed by atoms with E-state index in [0.29, 0.717) is 5.69 Å². The van der Waals surface area contributed by atoms with Crippen LogP contribution in [-0.4, -0.2) is 30.6 Å². The van der Waals surface area contributed by atoms with Gasteiger partial charge in [0.15, 0.2) is 6.10 Å². The van der Waals surface area contributed by atoms with Gasteiger partial charge in [-0.1, -0.05) is 26.8 Å². The maximum absolute atomic E-state index is 13.0. The van der Waals surface area contributed by atoms with Crippen molar-refractivity contribution in [1.82, 2.24) is 4.98 Å².